The van der Waals surface area contributed by atoms with Gasteiger partial charge in [0, 0.05) is 25.4 Å². The molecular weight excluding hydrogens is 280 g/mol. The maximum absolute atomic E-state index is 5.73. The molecule has 2 N–H and O–H groups in total. The Morgan fingerprint density at radius 3 is 2.73 bits per heavy atom. The van der Waals surface area contributed by atoms with Gasteiger partial charge in [-0.25, -0.2) is 4.98 Å². The van der Waals surface area contributed by atoms with E-state index in [1.54, 1.807) is 19.5 Å². The van der Waals surface area contributed by atoms with E-state index in [-0.39, 0.29) is 5.41 Å². The van der Waals surface area contributed by atoms with Crippen LogP contribution in [0.15, 0.2) is 38.4 Å². The predicted molar refractivity (Wildman–Crippen MR) is 85.8 cm³/mol. The van der Waals surface area contributed by atoms with Crippen LogP contribution in [0.2, 0.25) is 0 Å². The number of nitrogens with one attached hydrogen (secondary N) is 2. The predicted octanol–water partition coefficient (Wildman–Crippen LogP) is 2.47. The van der Waals surface area contributed by atoms with E-state index < -0.39 is 0 Å². The average molecular weight is 304 g/mol. The second-order valence-corrected chi connectivity index (χ2v) is 6.05. The molecule has 0 aliphatic rings. The van der Waals surface area contributed by atoms with E-state index in [2.05, 4.69) is 41.4 Å². The first-order valence-corrected chi connectivity index (χ1v) is 7.41. The van der Waals surface area contributed by atoms with Crippen LogP contribution in [0.1, 0.15) is 38.2 Å². The van der Waals surface area contributed by atoms with Crippen LogP contribution >= 0.6 is 0 Å². The van der Waals surface area contributed by atoms with Gasteiger partial charge in [0.25, 0.3) is 0 Å². The van der Waals surface area contributed by atoms with Gasteiger partial charge in [-0.15, -0.1) is 0 Å². The fourth-order valence-corrected chi connectivity index (χ4v) is 1.88. The van der Waals surface area contributed by atoms with Crippen LogP contribution in [-0.4, -0.2) is 24.5 Å². The summed E-state index contributed by atoms with van der Waals surface area (Å²) < 4.78 is 11.0. The summed E-state index contributed by atoms with van der Waals surface area (Å²) in [5.41, 5.74) is -0.0335. The number of hydrogen-bond donors (Lipinski definition) is 2. The van der Waals surface area contributed by atoms with Crippen LogP contribution in [-0.2, 0) is 18.4 Å². The molecule has 2 rings (SSSR count). The van der Waals surface area contributed by atoms with Gasteiger partial charge in [0.15, 0.2) is 5.96 Å². The van der Waals surface area contributed by atoms with E-state index in [0.29, 0.717) is 18.4 Å². The van der Waals surface area contributed by atoms with Gasteiger partial charge >= 0.3 is 0 Å². The molecule has 0 saturated heterocycles. The normalized spacial score (nSPS) is 12.5. The Bertz CT molecular complexity index is 594. The lowest BCUT2D eigenvalue weighted by Gasteiger charge is -2.13. The highest BCUT2D eigenvalue weighted by Gasteiger charge is 2.19. The first kappa shape index (κ1) is 16.1. The molecule has 0 aromatic carbocycles. The second-order valence-electron chi connectivity index (χ2n) is 6.05. The molecule has 0 amide bonds. The molecule has 0 unspecified atom stereocenters. The van der Waals surface area contributed by atoms with Crippen molar-refractivity contribution in [3.63, 3.8) is 0 Å². The number of aromatic nitrogens is 1. The molecule has 120 valence electrons. The van der Waals surface area contributed by atoms with Crippen molar-refractivity contribution in [1.82, 2.24) is 15.6 Å². The molecule has 0 radical (unpaired) electrons. The third-order valence-electron chi connectivity index (χ3n) is 3.17. The van der Waals surface area contributed by atoms with Crippen molar-refractivity contribution in [2.75, 3.05) is 13.6 Å². The van der Waals surface area contributed by atoms with Gasteiger partial charge in [-0.1, -0.05) is 20.8 Å². The molecule has 0 saturated carbocycles. The van der Waals surface area contributed by atoms with Gasteiger partial charge in [-0.3, -0.25) is 4.99 Å². The van der Waals surface area contributed by atoms with E-state index in [4.69, 9.17) is 8.83 Å². The molecule has 0 bridgehead atoms. The zero-order chi connectivity index (χ0) is 16.0. The molecule has 0 fully saturated rings. The van der Waals surface area contributed by atoms with E-state index in [1.165, 1.54) is 0 Å². The summed E-state index contributed by atoms with van der Waals surface area (Å²) in [6.45, 7) is 7.53. The molecule has 2 heterocycles. The van der Waals surface area contributed by atoms with Crippen molar-refractivity contribution < 1.29 is 8.83 Å². The van der Waals surface area contributed by atoms with Gasteiger partial charge in [-0.2, -0.15) is 0 Å². The third-order valence-corrected chi connectivity index (χ3v) is 3.17. The smallest absolute Gasteiger partial charge is 0.213 e. The molecule has 0 aliphatic heterocycles. The van der Waals surface area contributed by atoms with Gasteiger partial charge in [0.2, 0.25) is 5.89 Å². The molecule has 0 aliphatic carbocycles. The number of guanidine groups is 1. The molecular formula is C16H24N4O2. The minimum Gasteiger partial charge on any atom is -0.469 e. The number of hydrogen-bond acceptors (Lipinski definition) is 4. The number of rotatable bonds is 5. The largest absolute Gasteiger partial charge is 0.469 e. The monoisotopic (exact) mass is 304 g/mol. The molecule has 0 atom stereocenters. The van der Waals surface area contributed by atoms with E-state index >= 15 is 0 Å². The summed E-state index contributed by atoms with van der Waals surface area (Å²) in [6.07, 6.45) is 4.27. The number of oxazole rings is 1. The van der Waals surface area contributed by atoms with Crippen molar-refractivity contribution in [3.8, 4) is 0 Å². The Balaban J connectivity index is 1.77. The Labute approximate surface area is 131 Å². The Morgan fingerprint density at radius 2 is 2.14 bits per heavy atom. The van der Waals surface area contributed by atoms with Gasteiger partial charge in [0.1, 0.15) is 11.5 Å². The van der Waals surface area contributed by atoms with Crippen LogP contribution in [0.25, 0.3) is 0 Å². The first-order chi connectivity index (χ1) is 10.5. The summed E-state index contributed by atoms with van der Waals surface area (Å²) in [7, 11) is 1.73. The number of aliphatic imine (C=N–C) groups is 1. The molecule has 2 aromatic heterocycles. The summed E-state index contributed by atoms with van der Waals surface area (Å²) >= 11 is 0. The topological polar surface area (TPSA) is 75.6 Å². The summed E-state index contributed by atoms with van der Waals surface area (Å²) in [5, 5.41) is 6.41. The molecule has 2 aromatic rings. The van der Waals surface area contributed by atoms with Crippen LogP contribution in [0.4, 0.5) is 0 Å². The zero-order valence-electron chi connectivity index (χ0n) is 13.6. The van der Waals surface area contributed by atoms with Crippen LogP contribution in [0.5, 0.6) is 0 Å². The summed E-state index contributed by atoms with van der Waals surface area (Å²) in [5.74, 6) is 3.19. The maximum Gasteiger partial charge on any atom is 0.213 e. The lowest BCUT2D eigenvalue weighted by Crippen LogP contribution is -2.37. The lowest BCUT2D eigenvalue weighted by atomic mass is 9.94. The van der Waals surface area contributed by atoms with E-state index in [9.17, 15) is 0 Å². The average Bonchev–Trinajstić information content (AvgIpc) is 3.13. The standard InChI is InChI=1S/C16H24N4O2/c1-16(2,3)13-10-19-14(22-13)11-20-15(17-4)18-8-7-12-6-5-9-21-12/h5-6,9-10H,7-8,11H2,1-4H3,(H2,17,18,20). The Morgan fingerprint density at radius 1 is 1.32 bits per heavy atom. The van der Waals surface area contributed by atoms with Crippen molar-refractivity contribution in [1.29, 1.82) is 0 Å². The van der Waals surface area contributed by atoms with Crippen molar-refractivity contribution in [2.45, 2.75) is 39.2 Å². The van der Waals surface area contributed by atoms with Gasteiger partial charge < -0.3 is 19.5 Å². The minimum atomic E-state index is -0.0335. The lowest BCUT2D eigenvalue weighted by molar-refractivity contribution is 0.379. The Kier molecular flexibility index (Phi) is 5.25. The van der Waals surface area contributed by atoms with E-state index in [1.807, 2.05) is 12.1 Å². The molecule has 6 heteroatoms. The first-order valence-electron chi connectivity index (χ1n) is 7.41. The van der Waals surface area contributed by atoms with Crippen LogP contribution < -0.4 is 10.6 Å². The van der Waals surface area contributed by atoms with Crippen molar-refractivity contribution in [2.24, 2.45) is 4.99 Å². The molecule has 6 nitrogen and oxygen atoms in total. The SMILES string of the molecule is CN=C(NCCc1ccco1)NCc1ncc(C(C)(C)C)o1. The number of nitrogens with zero attached hydrogens (tertiary/aromatic N) is 2. The van der Waals surface area contributed by atoms with E-state index in [0.717, 1.165) is 24.5 Å². The quantitative estimate of drug-likeness (QED) is 0.655. The van der Waals surface area contributed by atoms with Gasteiger partial charge in [-0.05, 0) is 12.1 Å². The van der Waals surface area contributed by atoms with Crippen molar-refractivity contribution in [3.05, 3.63) is 42.0 Å². The van der Waals surface area contributed by atoms with Crippen LogP contribution in [0, 0.1) is 0 Å². The summed E-state index contributed by atoms with van der Waals surface area (Å²) in [6, 6.07) is 3.84. The highest BCUT2D eigenvalue weighted by atomic mass is 16.4. The molecule has 22 heavy (non-hydrogen) atoms. The highest BCUT2D eigenvalue weighted by Crippen LogP contribution is 2.22. The zero-order valence-corrected chi connectivity index (χ0v) is 13.6. The highest BCUT2D eigenvalue weighted by molar-refractivity contribution is 5.79. The second kappa shape index (κ2) is 7.15. The maximum atomic E-state index is 5.73. The minimum absolute atomic E-state index is 0.0335. The fraction of sp³-hybridized carbons (Fsp3) is 0.500. The molecule has 0 spiro atoms. The fourth-order valence-electron chi connectivity index (χ4n) is 1.88. The van der Waals surface area contributed by atoms with Crippen LogP contribution in [0.3, 0.4) is 0 Å². The van der Waals surface area contributed by atoms with Gasteiger partial charge in [0.05, 0.1) is 19.0 Å². The third kappa shape index (κ3) is 4.65. The summed E-state index contributed by atoms with van der Waals surface area (Å²) in [4.78, 5) is 8.45. The van der Waals surface area contributed by atoms with Crippen molar-refractivity contribution >= 4 is 5.96 Å². The Hall–Kier alpha value is -2.24. The number of furan rings is 1.